The minimum Gasteiger partial charge on any atom is -0.392 e. The normalized spacial score (nSPS) is 20.2. The Morgan fingerprint density at radius 1 is 1.16 bits per heavy atom. The van der Waals surface area contributed by atoms with Gasteiger partial charge in [0.1, 0.15) is 0 Å². The second kappa shape index (κ2) is 7.28. The molecular weight excluding hydrogens is 258 g/mol. The molecule has 1 aliphatic carbocycles. The van der Waals surface area contributed by atoms with E-state index in [1.165, 1.54) is 32.1 Å². The zero-order chi connectivity index (χ0) is 13.7. The lowest BCUT2D eigenvalue weighted by Gasteiger charge is -2.28. The molecule has 1 aliphatic rings. The third-order valence-electron chi connectivity index (χ3n) is 4.32. The van der Waals surface area contributed by atoms with E-state index >= 15 is 0 Å². The van der Waals surface area contributed by atoms with E-state index in [0.717, 1.165) is 17.0 Å². The zero-order valence-corrected chi connectivity index (χ0v) is 12.1. The van der Waals surface area contributed by atoms with E-state index in [4.69, 9.17) is 17.3 Å². The molecular formula is C16H24ClNO. The first-order valence-electron chi connectivity index (χ1n) is 7.34. The van der Waals surface area contributed by atoms with Gasteiger partial charge in [0.05, 0.1) is 6.10 Å². The Morgan fingerprint density at radius 3 is 2.37 bits per heavy atom. The third kappa shape index (κ3) is 4.20. The fourth-order valence-electron chi connectivity index (χ4n) is 3.15. The molecule has 0 bridgehead atoms. The molecule has 0 heterocycles. The van der Waals surface area contributed by atoms with E-state index in [1.54, 1.807) is 0 Å². The number of rotatable bonds is 5. The van der Waals surface area contributed by atoms with Crippen molar-refractivity contribution in [3.05, 3.63) is 34.9 Å². The number of aliphatic hydroxyl groups is 1. The number of hydrogen-bond donors (Lipinski definition) is 2. The smallest absolute Gasteiger partial charge is 0.0623 e. The van der Waals surface area contributed by atoms with Crippen molar-refractivity contribution in [1.82, 2.24) is 0 Å². The average Bonchev–Trinajstić information content (AvgIpc) is 2.43. The molecule has 1 saturated carbocycles. The molecule has 3 N–H and O–H groups in total. The average molecular weight is 282 g/mol. The lowest BCUT2D eigenvalue weighted by atomic mass is 9.81. The fraction of sp³-hybridized carbons (Fsp3) is 0.625. The summed E-state index contributed by atoms with van der Waals surface area (Å²) in [6.07, 6.45) is 7.03. The first kappa shape index (κ1) is 14.8. The van der Waals surface area contributed by atoms with Crippen LogP contribution in [0.5, 0.6) is 0 Å². The van der Waals surface area contributed by atoms with Gasteiger partial charge in [0.25, 0.3) is 0 Å². The molecule has 0 spiro atoms. The van der Waals surface area contributed by atoms with Crippen LogP contribution in [-0.4, -0.2) is 17.8 Å². The summed E-state index contributed by atoms with van der Waals surface area (Å²) in [5.41, 5.74) is 6.95. The standard InChI is InChI=1S/C16H24ClNO/c17-14-8-6-13(7-9-14)15(11-18)16(19)10-12-4-2-1-3-5-12/h6-9,12,15-16,19H,1-5,10-11,18H2. The van der Waals surface area contributed by atoms with Crippen LogP contribution in [0, 0.1) is 5.92 Å². The maximum absolute atomic E-state index is 10.5. The van der Waals surface area contributed by atoms with Gasteiger partial charge in [-0.05, 0) is 30.0 Å². The summed E-state index contributed by atoms with van der Waals surface area (Å²) in [6, 6.07) is 7.69. The Balaban J connectivity index is 1.97. The second-order valence-electron chi connectivity index (χ2n) is 5.70. The quantitative estimate of drug-likeness (QED) is 0.864. The largest absolute Gasteiger partial charge is 0.392 e. The van der Waals surface area contributed by atoms with Gasteiger partial charge in [-0.25, -0.2) is 0 Å². The summed E-state index contributed by atoms with van der Waals surface area (Å²) in [4.78, 5) is 0. The molecule has 1 aromatic carbocycles. The van der Waals surface area contributed by atoms with E-state index in [1.807, 2.05) is 24.3 Å². The third-order valence-corrected chi connectivity index (χ3v) is 4.57. The summed E-state index contributed by atoms with van der Waals surface area (Å²) in [5, 5.41) is 11.2. The molecule has 0 saturated heterocycles. The summed E-state index contributed by atoms with van der Waals surface area (Å²) < 4.78 is 0. The predicted octanol–water partition coefficient (Wildman–Crippen LogP) is 3.71. The van der Waals surface area contributed by atoms with Gasteiger partial charge in [0, 0.05) is 17.5 Å². The molecule has 3 heteroatoms. The van der Waals surface area contributed by atoms with Crippen LogP contribution < -0.4 is 5.73 Å². The van der Waals surface area contributed by atoms with Crippen molar-refractivity contribution >= 4 is 11.6 Å². The van der Waals surface area contributed by atoms with Gasteiger partial charge in [-0.1, -0.05) is 55.8 Å². The molecule has 1 aromatic rings. The molecule has 0 aromatic heterocycles. The van der Waals surface area contributed by atoms with Crippen LogP contribution in [-0.2, 0) is 0 Å². The van der Waals surface area contributed by atoms with Crippen LogP contribution in [0.1, 0.15) is 50.0 Å². The molecule has 1 fully saturated rings. The topological polar surface area (TPSA) is 46.2 Å². The highest BCUT2D eigenvalue weighted by atomic mass is 35.5. The van der Waals surface area contributed by atoms with E-state index in [0.29, 0.717) is 12.5 Å². The molecule has 19 heavy (non-hydrogen) atoms. The van der Waals surface area contributed by atoms with E-state index in [-0.39, 0.29) is 12.0 Å². The number of nitrogens with two attached hydrogens (primary N) is 1. The van der Waals surface area contributed by atoms with Crippen LogP contribution in [0.25, 0.3) is 0 Å². The number of halogens is 1. The highest BCUT2D eigenvalue weighted by molar-refractivity contribution is 6.30. The van der Waals surface area contributed by atoms with E-state index in [2.05, 4.69) is 0 Å². The van der Waals surface area contributed by atoms with Crippen molar-refractivity contribution in [2.45, 2.75) is 50.5 Å². The first-order valence-corrected chi connectivity index (χ1v) is 7.72. The molecule has 2 atom stereocenters. The number of benzene rings is 1. The highest BCUT2D eigenvalue weighted by Gasteiger charge is 2.24. The van der Waals surface area contributed by atoms with Crippen molar-refractivity contribution in [3.8, 4) is 0 Å². The van der Waals surface area contributed by atoms with Gasteiger partial charge in [0.15, 0.2) is 0 Å². The van der Waals surface area contributed by atoms with Gasteiger partial charge in [-0.15, -0.1) is 0 Å². The maximum Gasteiger partial charge on any atom is 0.0623 e. The Morgan fingerprint density at radius 2 is 1.79 bits per heavy atom. The summed E-state index contributed by atoms with van der Waals surface area (Å²) in [7, 11) is 0. The van der Waals surface area contributed by atoms with Gasteiger partial charge in [-0.3, -0.25) is 0 Å². The highest BCUT2D eigenvalue weighted by Crippen LogP contribution is 2.31. The lowest BCUT2D eigenvalue weighted by Crippen LogP contribution is -2.28. The molecule has 106 valence electrons. The number of hydrogen-bond acceptors (Lipinski definition) is 2. The molecule has 2 unspecified atom stereocenters. The van der Waals surface area contributed by atoms with Crippen molar-refractivity contribution in [2.24, 2.45) is 11.7 Å². The lowest BCUT2D eigenvalue weighted by molar-refractivity contribution is 0.106. The molecule has 0 radical (unpaired) electrons. The SMILES string of the molecule is NCC(c1ccc(Cl)cc1)C(O)CC1CCCCC1. The Bertz CT molecular complexity index is 373. The van der Waals surface area contributed by atoms with Crippen molar-refractivity contribution in [1.29, 1.82) is 0 Å². The van der Waals surface area contributed by atoms with Crippen LogP contribution >= 0.6 is 11.6 Å². The van der Waals surface area contributed by atoms with Crippen LogP contribution in [0.3, 0.4) is 0 Å². The first-order chi connectivity index (χ1) is 9.20. The minimum atomic E-state index is -0.339. The second-order valence-corrected chi connectivity index (χ2v) is 6.14. The minimum absolute atomic E-state index is 0.0270. The van der Waals surface area contributed by atoms with Gasteiger partial charge >= 0.3 is 0 Å². The monoisotopic (exact) mass is 281 g/mol. The summed E-state index contributed by atoms with van der Waals surface area (Å²) >= 11 is 5.90. The van der Waals surface area contributed by atoms with Crippen LogP contribution in [0.4, 0.5) is 0 Å². The van der Waals surface area contributed by atoms with E-state index in [9.17, 15) is 5.11 Å². The summed E-state index contributed by atoms with van der Waals surface area (Å²) in [5.74, 6) is 0.698. The zero-order valence-electron chi connectivity index (χ0n) is 11.4. The Hall–Kier alpha value is -0.570. The Kier molecular flexibility index (Phi) is 5.68. The van der Waals surface area contributed by atoms with Crippen molar-refractivity contribution in [2.75, 3.05) is 6.54 Å². The predicted molar refractivity (Wildman–Crippen MR) is 80.4 cm³/mol. The van der Waals surface area contributed by atoms with Crippen molar-refractivity contribution in [3.63, 3.8) is 0 Å². The molecule has 0 amide bonds. The van der Waals surface area contributed by atoms with Crippen LogP contribution in [0.15, 0.2) is 24.3 Å². The molecule has 0 aliphatic heterocycles. The van der Waals surface area contributed by atoms with E-state index < -0.39 is 0 Å². The maximum atomic E-state index is 10.5. The number of aliphatic hydroxyl groups excluding tert-OH is 1. The molecule has 2 rings (SSSR count). The van der Waals surface area contributed by atoms with Crippen LogP contribution in [0.2, 0.25) is 5.02 Å². The van der Waals surface area contributed by atoms with Crippen molar-refractivity contribution < 1.29 is 5.11 Å². The van der Waals surface area contributed by atoms with Gasteiger partial charge < -0.3 is 10.8 Å². The van der Waals surface area contributed by atoms with Gasteiger partial charge in [0.2, 0.25) is 0 Å². The van der Waals surface area contributed by atoms with Gasteiger partial charge in [-0.2, -0.15) is 0 Å². The fourth-order valence-corrected chi connectivity index (χ4v) is 3.28. The Labute approximate surface area is 121 Å². The molecule has 2 nitrogen and oxygen atoms in total. The summed E-state index contributed by atoms with van der Waals surface area (Å²) in [6.45, 7) is 0.482.